The third-order valence-electron chi connectivity index (χ3n) is 3.78. The molecule has 1 unspecified atom stereocenters. The number of aromatic nitrogens is 2. The Morgan fingerprint density at radius 2 is 1.90 bits per heavy atom. The van der Waals surface area contributed by atoms with E-state index in [0.29, 0.717) is 5.89 Å². The fourth-order valence-corrected chi connectivity index (χ4v) is 2.84. The molecule has 1 aromatic heterocycles. The van der Waals surface area contributed by atoms with Crippen molar-refractivity contribution in [3.8, 4) is 11.5 Å². The van der Waals surface area contributed by atoms with Crippen LogP contribution in [0.4, 0.5) is 0 Å². The van der Waals surface area contributed by atoms with E-state index in [1.165, 1.54) is 30.4 Å². The second-order valence-electron chi connectivity index (χ2n) is 5.69. The number of rotatable bonds is 2. The molecule has 1 atom stereocenters. The third kappa shape index (κ3) is 2.90. The Morgan fingerprint density at radius 3 is 2.70 bits per heavy atom. The molecular weight excluding hydrogens is 250 g/mol. The Kier molecular flexibility index (Phi) is 3.83. The fraction of sp³-hybridized carbons (Fsp3) is 0.500. The number of hydrogen-bond acceptors (Lipinski definition) is 4. The Hall–Kier alpha value is -1.68. The summed E-state index contributed by atoms with van der Waals surface area (Å²) in [5.41, 5.74) is 3.44. The number of nitrogens with one attached hydrogen (secondary N) is 1. The van der Waals surface area contributed by atoms with Crippen LogP contribution in [0.2, 0.25) is 0 Å². The molecule has 0 spiro atoms. The third-order valence-corrected chi connectivity index (χ3v) is 3.78. The first-order valence-corrected chi connectivity index (χ1v) is 7.38. The zero-order valence-electron chi connectivity index (χ0n) is 12.1. The molecule has 1 saturated heterocycles. The van der Waals surface area contributed by atoms with Gasteiger partial charge < -0.3 is 9.84 Å². The monoisotopic (exact) mass is 271 g/mol. The van der Waals surface area contributed by atoms with Gasteiger partial charge in [0, 0.05) is 5.56 Å². The summed E-state index contributed by atoms with van der Waals surface area (Å²) in [4.78, 5) is 4.59. The lowest BCUT2D eigenvalue weighted by molar-refractivity contribution is 0.402. The zero-order valence-corrected chi connectivity index (χ0v) is 12.1. The molecule has 4 heteroatoms. The molecule has 106 valence electrons. The van der Waals surface area contributed by atoms with E-state index in [0.717, 1.165) is 24.4 Å². The second kappa shape index (κ2) is 5.75. The zero-order chi connectivity index (χ0) is 13.9. The molecule has 0 bridgehead atoms. The van der Waals surface area contributed by atoms with Gasteiger partial charge in [-0.2, -0.15) is 4.98 Å². The Morgan fingerprint density at radius 1 is 1.10 bits per heavy atom. The number of aryl methyl sites for hydroxylation is 2. The highest BCUT2D eigenvalue weighted by Gasteiger charge is 2.20. The largest absolute Gasteiger partial charge is 0.334 e. The molecule has 3 rings (SSSR count). The molecule has 0 radical (unpaired) electrons. The first-order valence-electron chi connectivity index (χ1n) is 7.38. The van der Waals surface area contributed by atoms with Crippen molar-refractivity contribution >= 4 is 0 Å². The quantitative estimate of drug-likeness (QED) is 0.907. The molecule has 20 heavy (non-hydrogen) atoms. The lowest BCUT2D eigenvalue weighted by atomic mass is 10.1. The molecule has 1 fully saturated rings. The highest BCUT2D eigenvalue weighted by Crippen LogP contribution is 2.25. The van der Waals surface area contributed by atoms with Gasteiger partial charge in [-0.3, -0.25) is 0 Å². The Bertz CT molecular complexity index is 563. The van der Waals surface area contributed by atoms with Gasteiger partial charge in [-0.25, -0.2) is 0 Å². The maximum absolute atomic E-state index is 5.45. The highest BCUT2D eigenvalue weighted by atomic mass is 16.5. The molecule has 2 aromatic rings. The van der Waals surface area contributed by atoms with Gasteiger partial charge in [0.05, 0.1) is 6.04 Å². The highest BCUT2D eigenvalue weighted by molar-refractivity contribution is 5.55. The van der Waals surface area contributed by atoms with Gasteiger partial charge in [-0.1, -0.05) is 35.2 Å². The van der Waals surface area contributed by atoms with Gasteiger partial charge in [0.25, 0.3) is 5.89 Å². The van der Waals surface area contributed by atoms with E-state index in [1.807, 2.05) is 0 Å². The molecule has 0 aliphatic carbocycles. The van der Waals surface area contributed by atoms with Crippen LogP contribution in [0.1, 0.15) is 48.7 Å². The van der Waals surface area contributed by atoms with Gasteiger partial charge in [0.1, 0.15) is 0 Å². The molecule has 1 aliphatic heterocycles. The maximum Gasteiger partial charge on any atom is 0.257 e. The van der Waals surface area contributed by atoms with E-state index in [9.17, 15) is 0 Å². The summed E-state index contributed by atoms with van der Waals surface area (Å²) >= 11 is 0. The minimum atomic E-state index is 0.237. The summed E-state index contributed by atoms with van der Waals surface area (Å²) in [6.07, 6.45) is 4.83. The van der Waals surface area contributed by atoms with Gasteiger partial charge in [0.15, 0.2) is 5.82 Å². The van der Waals surface area contributed by atoms with Crippen LogP contribution in [0.25, 0.3) is 11.5 Å². The average Bonchev–Trinajstić information content (AvgIpc) is 2.74. The van der Waals surface area contributed by atoms with Gasteiger partial charge in [-0.15, -0.1) is 0 Å². The summed E-state index contributed by atoms with van der Waals surface area (Å²) in [6, 6.07) is 6.56. The van der Waals surface area contributed by atoms with E-state index in [-0.39, 0.29) is 6.04 Å². The van der Waals surface area contributed by atoms with Crippen LogP contribution >= 0.6 is 0 Å². The molecule has 4 nitrogen and oxygen atoms in total. The van der Waals surface area contributed by atoms with Gasteiger partial charge in [-0.05, 0) is 45.4 Å². The van der Waals surface area contributed by atoms with Crippen LogP contribution in [0.5, 0.6) is 0 Å². The van der Waals surface area contributed by atoms with E-state index in [4.69, 9.17) is 4.52 Å². The minimum absolute atomic E-state index is 0.237. The molecule has 2 heterocycles. The molecular formula is C16H21N3O. The number of hydrogen-bond donors (Lipinski definition) is 1. The number of benzene rings is 1. The first kappa shape index (κ1) is 13.3. The van der Waals surface area contributed by atoms with E-state index in [1.54, 1.807) is 0 Å². The summed E-state index contributed by atoms with van der Waals surface area (Å²) in [5.74, 6) is 1.42. The minimum Gasteiger partial charge on any atom is -0.334 e. The fourth-order valence-electron chi connectivity index (χ4n) is 2.84. The summed E-state index contributed by atoms with van der Waals surface area (Å²) < 4.78 is 5.45. The first-order chi connectivity index (χ1) is 9.72. The van der Waals surface area contributed by atoms with E-state index < -0.39 is 0 Å². The topological polar surface area (TPSA) is 51.0 Å². The van der Waals surface area contributed by atoms with Crippen LogP contribution in [-0.4, -0.2) is 16.7 Å². The smallest absolute Gasteiger partial charge is 0.257 e. The average molecular weight is 271 g/mol. The van der Waals surface area contributed by atoms with Crippen molar-refractivity contribution < 1.29 is 4.52 Å². The van der Waals surface area contributed by atoms with E-state index in [2.05, 4.69) is 47.5 Å². The van der Waals surface area contributed by atoms with Crippen LogP contribution < -0.4 is 5.32 Å². The van der Waals surface area contributed by atoms with Crippen LogP contribution in [0, 0.1) is 13.8 Å². The molecule has 1 aliphatic rings. The predicted molar refractivity (Wildman–Crippen MR) is 78.4 cm³/mol. The van der Waals surface area contributed by atoms with Crippen molar-refractivity contribution in [1.29, 1.82) is 0 Å². The molecule has 1 N–H and O–H groups in total. The maximum atomic E-state index is 5.45. The summed E-state index contributed by atoms with van der Waals surface area (Å²) in [6.45, 7) is 5.21. The van der Waals surface area contributed by atoms with Crippen molar-refractivity contribution in [2.24, 2.45) is 0 Å². The van der Waals surface area contributed by atoms with Crippen molar-refractivity contribution in [3.63, 3.8) is 0 Å². The van der Waals surface area contributed by atoms with E-state index >= 15 is 0 Å². The van der Waals surface area contributed by atoms with Crippen molar-refractivity contribution in [3.05, 3.63) is 35.2 Å². The second-order valence-corrected chi connectivity index (χ2v) is 5.69. The lowest BCUT2D eigenvalue weighted by Gasteiger charge is -2.09. The lowest BCUT2D eigenvalue weighted by Crippen LogP contribution is -2.21. The molecule has 0 amide bonds. The molecule has 0 saturated carbocycles. The van der Waals surface area contributed by atoms with Gasteiger partial charge >= 0.3 is 0 Å². The Balaban J connectivity index is 1.85. The predicted octanol–water partition coefficient (Wildman–Crippen LogP) is 3.56. The van der Waals surface area contributed by atoms with Gasteiger partial charge in [0.2, 0.25) is 0 Å². The Labute approximate surface area is 119 Å². The summed E-state index contributed by atoms with van der Waals surface area (Å²) in [5, 5.41) is 7.67. The number of nitrogens with zero attached hydrogens (tertiary/aromatic N) is 2. The summed E-state index contributed by atoms with van der Waals surface area (Å²) in [7, 11) is 0. The van der Waals surface area contributed by atoms with Crippen molar-refractivity contribution in [1.82, 2.24) is 15.5 Å². The van der Waals surface area contributed by atoms with Crippen molar-refractivity contribution in [2.75, 3.05) is 6.54 Å². The normalized spacial score (nSPS) is 19.8. The SMILES string of the molecule is Cc1cc(C)cc(-c2nc(C3CCCCCN3)no2)c1. The molecule has 1 aromatic carbocycles. The van der Waals surface area contributed by atoms with Crippen molar-refractivity contribution in [2.45, 2.75) is 45.6 Å². The van der Waals surface area contributed by atoms with Crippen LogP contribution in [-0.2, 0) is 0 Å². The standard InChI is InChI=1S/C16H21N3O/c1-11-8-12(2)10-13(9-11)16-18-15(19-20-16)14-6-4-3-5-7-17-14/h8-10,14,17H,3-7H2,1-2H3. The van der Waals surface area contributed by atoms with Crippen LogP contribution in [0.15, 0.2) is 22.7 Å². The van der Waals surface area contributed by atoms with Crippen LogP contribution in [0.3, 0.4) is 0 Å².